The molecule has 4 heteroatoms. The van der Waals surface area contributed by atoms with E-state index < -0.39 is 0 Å². The monoisotopic (exact) mass is 340 g/mol. The summed E-state index contributed by atoms with van der Waals surface area (Å²) >= 11 is 3.69. The zero-order chi connectivity index (χ0) is 14.5. The van der Waals surface area contributed by atoms with Crippen molar-refractivity contribution >= 4 is 21.6 Å². The standard InChI is InChI=1S/C16H25BrN2O/c1-3-9-20-14-5-4-8-19(11-14)16-7-6-13(12(2)18)10-15(16)17/h6-7,10,12,14H,3-5,8-9,11,18H2,1-2H3/t12-,14?/m0/s1. The van der Waals surface area contributed by atoms with Gasteiger partial charge in [-0.2, -0.15) is 0 Å². The van der Waals surface area contributed by atoms with E-state index in [9.17, 15) is 0 Å². The Morgan fingerprint density at radius 3 is 2.95 bits per heavy atom. The fourth-order valence-corrected chi connectivity index (χ4v) is 3.29. The number of nitrogens with zero attached hydrogens (tertiary/aromatic N) is 1. The first kappa shape index (κ1) is 15.8. The van der Waals surface area contributed by atoms with Crippen LogP contribution in [0.25, 0.3) is 0 Å². The largest absolute Gasteiger partial charge is 0.376 e. The number of anilines is 1. The van der Waals surface area contributed by atoms with Crippen LogP contribution in [0.1, 0.15) is 44.7 Å². The van der Waals surface area contributed by atoms with Gasteiger partial charge in [-0.05, 0) is 59.8 Å². The van der Waals surface area contributed by atoms with Gasteiger partial charge in [0.15, 0.2) is 0 Å². The van der Waals surface area contributed by atoms with Crippen molar-refractivity contribution < 1.29 is 4.74 Å². The smallest absolute Gasteiger partial charge is 0.0750 e. The average molecular weight is 341 g/mol. The lowest BCUT2D eigenvalue weighted by Gasteiger charge is -2.35. The van der Waals surface area contributed by atoms with Gasteiger partial charge in [0.25, 0.3) is 0 Å². The van der Waals surface area contributed by atoms with E-state index in [1.54, 1.807) is 0 Å². The highest BCUT2D eigenvalue weighted by Gasteiger charge is 2.22. The van der Waals surface area contributed by atoms with Crippen molar-refractivity contribution in [2.45, 2.75) is 45.3 Å². The molecular weight excluding hydrogens is 316 g/mol. The molecule has 0 aliphatic carbocycles. The number of benzene rings is 1. The van der Waals surface area contributed by atoms with Gasteiger partial charge in [0.1, 0.15) is 0 Å². The van der Waals surface area contributed by atoms with Gasteiger partial charge in [0, 0.05) is 30.2 Å². The summed E-state index contributed by atoms with van der Waals surface area (Å²) in [5.74, 6) is 0. The third kappa shape index (κ3) is 3.96. The summed E-state index contributed by atoms with van der Waals surface area (Å²) in [7, 11) is 0. The maximum atomic E-state index is 5.93. The molecule has 112 valence electrons. The van der Waals surface area contributed by atoms with Gasteiger partial charge in [-0.15, -0.1) is 0 Å². The minimum Gasteiger partial charge on any atom is -0.376 e. The molecule has 2 rings (SSSR count). The van der Waals surface area contributed by atoms with Crippen LogP contribution in [0.3, 0.4) is 0 Å². The third-order valence-corrected chi connectivity index (χ3v) is 4.41. The summed E-state index contributed by atoms with van der Waals surface area (Å²) in [6, 6.07) is 6.50. The highest BCUT2D eigenvalue weighted by atomic mass is 79.9. The summed E-state index contributed by atoms with van der Waals surface area (Å²) in [6.45, 7) is 7.11. The van der Waals surface area contributed by atoms with Crippen molar-refractivity contribution in [1.82, 2.24) is 0 Å². The van der Waals surface area contributed by atoms with Crippen molar-refractivity contribution in [3.8, 4) is 0 Å². The zero-order valence-electron chi connectivity index (χ0n) is 12.4. The SMILES string of the molecule is CCCOC1CCCN(c2ccc([C@H](C)N)cc2Br)C1. The summed E-state index contributed by atoms with van der Waals surface area (Å²) in [5.41, 5.74) is 8.35. The molecule has 1 aromatic rings. The molecule has 3 nitrogen and oxygen atoms in total. The van der Waals surface area contributed by atoms with Crippen molar-refractivity contribution in [2.75, 3.05) is 24.6 Å². The number of hydrogen-bond acceptors (Lipinski definition) is 3. The van der Waals surface area contributed by atoms with Crippen molar-refractivity contribution in [3.05, 3.63) is 28.2 Å². The lowest BCUT2D eigenvalue weighted by atomic mass is 10.1. The quantitative estimate of drug-likeness (QED) is 0.884. The molecular formula is C16H25BrN2O. The minimum absolute atomic E-state index is 0.0716. The molecule has 1 aliphatic rings. The van der Waals surface area contributed by atoms with Gasteiger partial charge in [-0.25, -0.2) is 0 Å². The van der Waals surface area contributed by atoms with Crippen molar-refractivity contribution in [2.24, 2.45) is 5.73 Å². The second kappa shape index (κ2) is 7.43. The minimum atomic E-state index is 0.0716. The summed E-state index contributed by atoms with van der Waals surface area (Å²) in [4.78, 5) is 2.42. The topological polar surface area (TPSA) is 38.5 Å². The van der Waals surface area contributed by atoms with E-state index >= 15 is 0 Å². The van der Waals surface area contributed by atoms with Crippen molar-refractivity contribution in [1.29, 1.82) is 0 Å². The normalized spacial score (nSPS) is 21.0. The van der Waals surface area contributed by atoms with E-state index in [4.69, 9.17) is 10.5 Å². The van der Waals surface area contributed by atoms with Crippen LogP contribution in [0.2, 0.25) is 0 Å². The molecule has 1 aliphatic heterocycles. The second-order valence-corrected chi connectivity index (χ2v) is 6.43. The van der Waals surface area contributed by atoms with Crippen LogP contribution < -0.4 is 10.6 Å². The molecule has 20 heavy (non-hydrogen) atoms. The van der Waals surface area contributed by atoms with Gasteiger partial charge in [-0.3, -0.25) is 0 Å². The lowest BCUT2D eigenvalue weighted by molar-refractivity contribution is 0.0440. The van der Waals surface area contributed by atoms with E-state index in [0.29, 0.717) is 6.10 Å². The molecule has 1 unspecified atom stereocenters. The van der Waals surface area contributed by atoms with Crippen LogP contribution >= 0.6 is 15.9 Å². The van der Waals surface area contributed by atoms with E-state index in [0.717, 1.165) is 36.2 Å². The molecule has 1 heterocycles. The average Bonchev–Trinajstić information content (AvgIpc) is 2.45. The number of hydrogen-bond donors (Lipinski definition) is 1. The molecule has 2 N–H and O–H groups in total. The fourth-order valence-electron chi connectivity index (χ4n) is 2.64. The maximum absolute atomic E-state index is 5.93. The van der Waals surface area contributed by atoms with Crippen LogP contribution in [0.4, 0.5) is 5.69 Å². The Labute approximate surface area is 130 Å². The van der Waals surface area contributed by atoms with Crippen LogP contribution in [0, 0.1) is 0 Å². The number of ether oxygens (including phenoxy) is 1. The van der Waals surface area contributed by atoms with Crippen LogP contribution in [-0.2, 0) is 4.74 Å². The zero-order valence-corrected chi connectivity index (χ0v) is 14.0. The molecule has 0 radical (unpaired) electrons. The highest BCUT2D eigenvalue weighted by molar-refractivity contribution is 9.10. The molecule has 0 saturated carbocycles. The molecule has 0 spiro atoms. The molecule has 1 aromatic carbocycles. The Kier molecular flexibility index (Phi) is 5.87. The van der Waals surface area contributed by atoms with E-state index in [-0.39, 0.29) is 6.04 Å². The van der Waals surface area contributed by atoms with Crippen LogP contribution in [0.15, 0.2) is 22.7 Å². The Balaban J connectivity index is 2.06. The molecule has 0 bridgehead atoms. The number of rotatable bonds is 5. The highest BCUT2D eigenvalue weighted by Crippen LogP contribution is 2.31. The van der Waals surface area contributed by atoms with E-state index in [1.807, 2.05) is 6.92 Å². The summed E-state index contributed by atoms with van der Waals surface area (Å²) in [6.07, 6.45) is 3.81. The molecule has 0 amide bonds. The Hall–Kier alpha value is -0.580. The predicted molar refractivity (Wildman–Crippen MR) is 88.2 cm³/mol. The summed E-state index contributed by atoms with van der Waals surface area (Å²) in [5, 5.41) is 0. The number of piperidine rings is 1. The Morgan fingerprint density at radius 2 is 2.30 bits per heavy atom. The van der Waals surface area contributed by atoms with Crippen LogP contribution in [-0.4, -0.2) is 25.8 Å². The van der Waals surface area contributed by atoms with Gasteiger partial charge >= 0.3 is 0 Å². The first-order valence-electron chi connectivity index (χ1n) is 7.53. The number of nitrogens with two attached hydrogens (primary N) is 1. The predicted octanol–water partition coefficient (Wildman–Crippen LogP) is 3.86. The van der Waals surface area contributed by atoms with Gasteiger partial charge in [0.05, 0.1) is 11.8 Å². The fraction of sp³-hybridized carbons (Fsp3) is 0.625. The molecule has 1 saturated heterocycles. The van der Waals surface area contributed by atoms with Gasteiger partial charge in [-0.1, -0.05) is 13.0 Å². The van der Waals surface area contributed by atoms with Crippen molar-refractivity contribution in [3.63, 3.8) is 0 Å². The second-order valence-electron chi connectivity index (χ2n) is 5.58. The van der Waals surface area contributed by atoms with Gasteiger partial charge in [0.2, 0.25) is 0 Å². The van der Waals surface area contributed by atoms with E-state index in [1.165, 1.54) is 18.5 Å². The first-order valence-corrected chi connectivity index (χ1v) is 8.32. The Morgan fingerprint density at radius 1 is 1.50 bits per heavy atom. The van der Waals surface area contributed by atoms with Crippen LogP contribution in [0.5, 0.6) is 0 Å². The van der Waals surface area contributed by atoms with Gasteiger partial charge < -0.3 is 15.4 Å². The first-order chi connectivity index (χ1) is 9.61. The summed E-state index contributed by atoms with van der Waals surface area (Å²) < 4.78 is 7.04. The molecule has 2 atom stereocenters. The molecule has 0 aromatic heterocycles. The lowest BCUT2D eigenvalue weighted by Crippen LogP contribution is -2.40. The molecule has 1 fully saturated rings. The Bertz CT molecular complexity index is 436. The van der Waals surface area contributed by atoms with E-state index in [2.05, 4.69) is 46.0 Å². The maximum Gasteiger partial charge on any atom is 0.0750 e. The third-order valence-electron chi connectivity index (χ3n) is 3.77. The number of halogens is 1.